The molecule has 0 saturated heterocycles. The van der Waals surface area contributed by atoms with Crippen molar-refractivity contribution in [2.24, 2.45) is 0 Å². The summed E-state index contributed by atoms with van der Waals surface area (Å²) >= 11 is 3.52. The van der Waals surface area contributed by atoms with Crippen molar-refractivity contribution in [2.45, 2.75) is 31.8 Å². The fourth-order valence-electron chi connectivity index (χ4n) is 2.93. The van der Waals surface area contributed by atoms with E-state index in [1.165, 1.54) is 17.2 Å². The van der Waals surface area contributed by atoms with Crippen molar-refractivity contribution >= 4 is 15.9 Å². The summed E-state index contributed by atoms with van der Waals surface area (Å²) in [5.74, 6) is -0.174. The van der Waals surface area contributed by atoms with Gasteiger partial charge in [0.1, 0.15) is 5.82 Å². The van der Waals surface area contributed by atoms with E-state index in [1.807, 2.05) is 6.07 Å². The van der Waals surface area contributed by atoms with Gasteiger partial charge in [-0.05, 0) is 60.7 Å². The minimum Gasteiger partial charge on any atom is -0.303 e. The predicted molar refractivity (Wildman–Crippen MR) is 83.2 cm³/mol. The van der Waals surface area contributed by atoms with E-state index in [2.05, 4.69) is 46.4 Å². The van der Waals surface area contributed by atoms with Gasteiger partial charge in [-0.2, -0.15) is 0 Å². The highest BCUT2D eigenvalue weighted by Crippen LogP contribution is 2.34. The van der Waals surface area contributed by atoms with Gasteiger partial charge in [0.25, 0.3) is 0 Å². The van der Waals surface area contributed by atoms with Gasteiger partial charge in [0, 0.05) is 16.6 Å². The first-order valence-electron chi connectivity index (χ1n) is 6.93. The lowest BCUT2D eigenvalue weighted by atomic mass is 10.0. The lowest BCUT2D eigenvalue weighted by molar-refractivity contribution is 0.463. The first-order valence-corrected chi connectivity index (χ1v) is 7.72. The van der Waals surface area contributed by atoms with Crippen LogP contribution in [0, 0.1) is 5.82 Å². The van der Waals surface area contributed by atoms with Crippen LogP contribution in [0.1, 0.15) is 42.1 Å². The monoisotopic (exact) mass is 333 g/mol. The zero-order chi connectivity index (χ0) is 14.1. The Bertz CT molecular complexity index is 626. The Labute approximate surface area is 127 Å². The Balaban J connectivity index is 1.77. The molecule has 2 aromatic rings. The molecule has 1 nitrogen and oxygen atoms in total. The van der Waals surface area contributed by atoms with E-state index in [4.69, 9.17) is 0 Å². The smallest absolute Gasteiger partial charge is 0.123 e. The van der Waals surface area contributed by atoms with E-state index in [9.17, 15) is 4.39 Å². The van der Waals surface area contributed by atoms with E-state index in [1.54, 1.807) is 12.1 Å². The third-order valence-electron chi connectivity index (χ3n) is 3.98. The van der Waals surface area contributed by atoms with Crippen LogP contribution in [0.4, 0.5) is 4.39 Å². The number of benzene rings is 2. The second-order valence-electron chi connectivity index (χ2n) is 5.38. The van der Waals surface area contributed by atoms with Crippen molar-refractivity contribution < 1.29 is 4.39 Å². The molecule has 0 heterocycles. The Morgan fingerprint density at radius 3 is 2.90 bits per heavy atom. The van der Waals surface area contributed by atoms with E-state index in [0.717, 1.165) is 22.9 Å². The number of hydrogen-bond acceptors (Lipinski definition) is 1. The van der Waals surface area contributed by atoms with Gasteiger partial charge < -0.3 is 5.32 Å². The first kappa shape index (κ1) is 13.8. The molecular weight excluding hydrogens is 317 g/mol. The standard InChI is InChI=1S/C17H17BrFN/c1-11(12-3-2-4-15(19)10-12)20-17-8-5-13-9-14(18)6-7-16(13)17/h2-4,6-7,9-11,17,20H,5,8H2,1H3/t11-,17?/m1/s1. The number of halogens is 2. The van der Waals surface area contributed by atoms with E-state index >= 15 is 0 Å². The van der Waals surface area contributed by atoms with E-state index < -0.39 is 0 Å². The molecule has 0 fully saturated rings. The zero-order valence-electron chi connectivity index (χ0n) is 11.4. The van der Waals surface area contributed by atoms with Crippen LogP contribution in [0.5, 0.6) is 0 Å². The van der Waals surface area contributed by atoms with Crippen molar-refractivity contribution in [3.8, 4) is 0 Å². The summed E-state index contributed by atoms with van der Waals surface area (Å²) < 4.78 is 14.4. The van der Waals surface area contributed by atoms with Crippen LogP contribution in [0.25, 0.3) is 0 Å². The Hall–Kier alpha value is -1.19. The molecule has 0 radical (unpaired) electrons. The Morgan fingerprint density at radius 2 is 2.10 bits per heavy atom. The number of hydrogen-bond donors (Lipinski definition) is 1. The highest BCUT2D eigenvalue weighted by Gasteiger charge is 2.24. The van der Waals surface area contributed by atoms with Crippen LogP contribution >= 0.6 is 15.9 Å². The van der Waals surface area contributed by atoms with E-state index in [-0.39, 0.29) is 11.9 Å². The molecule has 1 aliphatic carbocycles. The van der Waals surface area contributed by atoms with Gasteiger partial charge in [-0.15, -0.1) is 0 Å². The van der Waals surface area contributed by atoms with Gasteiger partial charge in [0.15, 0.2) is 0 Å². The molecule has 104 valence electrons. The zero-order valence-corrected chi connectivity index (χ0v) is 13.0. The van der Waals surface area contributed by atoms with Crippen LogP contribution in [-0.4, -0.2) is 0 Å². The molecule has 1 N–H and O–H groups in total. The molecule has 0 aliphatic heterocycles. The van der Waals surface area contributed by atoms with Gasteiger partial charge in [0.05, 0.1) is 0 Å². The molecule has 1 unspecified atom stereocenters. The first-order chi connectivity index (χ1) is 9.63. The summed E-state index contributed by atoms with van der Waals surface area (Å²) in [5.41, 5.74) is 3.77. The molecular formula is C17H17BrFN. The Morgan fingerprint density at radius 1 is 1.25 bits per heavy atom. The number of nitrogens with one attached hydrogen (secondary N) is 1. The predicted octanol–water partition coefficient (Wildman–Crippen LogP) is 4.93. The molecule has 0 amide bonds. The number of aryl methyl sites for hydroxylation is 1. The van der Waals surface area contributed by atoms with Crippen LogP contribution in [0.3, 0.4) is 0 Å². The normalized spacial score (nSPS) is 18.9. The van der Waals surface area contributed by atoms with Gasteiger partial charge in [0.2, 0.25) is 0 Å². The number of fused-ring (bicyclic) bond motifs is 1. The highest BCUT2D eigenvalue weighted by atomic mass is 79.9. The highest BCUT2D eigenvalue weighted by molar-refractivity contribution is 9.10. The molecule has 1 aliphatic rings. The summed E-state index contributed by atoms with van der Waals surface area (Å²) in [4.78, 5) is 0. The SMILES string of the molecule is C[C@@H](NC1CCc2cc(Br)ccc21)c1cccc(F)c1. The van der Waals surface area contributed by atoms with Gasteiger partial charge in [-0.25, -0.2) is 4.39 Å². The molecule has 2 aromatic carbocycles. The van der Waals surface area contributed by atoms with Crippen molar-refractivity contribution in [3.05, 3.63) is 69.4 Å². The topological polar surface area (TPSA) is 12.0 Å². The second-order valence-corrected chi connectivity index (χ2v) is 6.29. The second kappa shape index (κ2) is 5.66. The molecule has 0 spiro atoms. The Kier molecular flexibility index (Phi) is 3.90. The molecule has 3 rings (SSSR count). The fourth-order valence-corrected chi connectivity index (χ4v) is 3.34. The molecule has 0 aromatic heterocycles. The van der Waals surface area contributed by atoms with Crippen LogP contribution in [0.2, 0.25) is 0 Å². The third kappa shape index (κ3) is 2.79. The minimum atomic E-state index is -0.174. The third-order valence-corrected chi connectivity index (χ3v) is 4.48. The van der Waals surface area contributed by atoms with Crippen molar-refractivity contribution in [2.75, 3.05) is 0 Å². The minimum absolute atomic E-state index is 0.144. The van der Waals surface area contributed by atoms with Crippen molar-refractivity contribution in [1.82, 2.24) is 5.32 Å². The molecule has 20 heavy (non-hydrogen) atoms. The van der Waals surface area contributed by atoms with Gasteiger partial charge in [-0.3, -0.25) is 0 Å². The summed E-state index contributed by atoms with van der Waals surface area (Å²) in [7, 11) is 0. The van der Waals surface area contributed by atoms with Crippen LogP contribution in [0.15, 0.2) is 46.9 Å². The van der Waals surface area contributed by atoms with Crippen LogP contribution in [-0.2, 0) is 6.42 Å². The van der Waals surface area contributed by atoms with Gasteiger partial charge >= 0.3 is 0 Å². The average molecular weight is 334 g/mol. The van der Waals surface area contributed by atoms with Gasteiger partial charge in [-0.1, -0.05) is 34.1 Å². The quantitative estimate of drug-likeness (QED) is 0.839. The molecule has 0 saturated carbocycles. The maximum atomic E-state index is 13.3. The van der Waals surface area contributed by atoms with Crippen molar-refractivity contribution in [1.29, 1.82) is 0 Å². The summed E-state index contributed by atoms with van der Waals surface area (Å²) in [5, 5.41) is 3.62. The van der Waals surface area contributed by atoms with Crippen molar-refractivity contribution in [3.63, 3.8) is 0 Å². The molecule has 2 atom stereocenters. The molecule has 0 bridgehead atoms. The molecule has 3 heteroatoms. The summed E-state index contributed by atoms with van der Waals surface area (Å²) in [6.45, 7) is 2.09. The number of rotatable bonds is 3. The lowest BCUT2D eigenvalue weighted by Crippen LogP contribution is -2.23. The largest absolute Gasteiger partial charge is 0.303 e. The fraction of sp³-hybridized carbons (Fsp3) is 0.294. The average Bonchev–Trinajstić information content (AvgIpc) is 2.81. The summed E-state index contributed by atoms with van der Waals surface area (Å²) in [6.07, 6.45) is 2.20. The lowest BCUT2D eigenvalue weighted by Gasteiger charge is -2.21. The van der Waals surface area contributed by atoms with E-state index in [0.29, 0.717) is 6.04 Å². The maximum absolute atomic E-state index is 13.3. The summed E-state index contributed by atoms with van der Waals surface area (Å²) in [6, 6.07) is 13.8. The van der Waals surface area contributed by atoms with Crippen LogP contribution < -0.4 is 5.32 Å². The maximum Gasteiger partial charge on any atom is 0.123 e.